The monoisotopic (exact) mass is 496 g/mol. The smallest absolute Gasteiger partial charge is 0.399 e. The van der Waals surface area contributed by atoms with Crippen molar-refractivity contribution in [2.75, 3.05) is 0 Å². The van der Waals surface area contributed by atoms with Gasteiger partial charge in [0.2, 0.25) is 0 Å². The molecule has 5 aromatic rings. The molecule has 38 heavy (non-hydrogen) atoms. The van der Waals surface area contributed by atoms with Crippen molar-refractivity contribution >= 4 is 23.6 Å². The van der Waals surface area contributed by atoms with Gasteiger partial charge in [0.05, 0.1) is 22.3 Å². The van der Waals surface area contributed by atoms with E-state index in [1.165, 1.54) is 27.8 Å². The highest BCUT2D eigenvalue weighted by atomic mass is 16.7. The van der Waals surface area contributed by atoms with E-state index in [2.05, 4.69) is 124 Å². The summed E-state index contributed by atoms with van der Waals surface area (Å²) in [7, 11) is -0.450. The van der Waals surface area contributed by atoms with E-state index >= 15 is 0 Å². The number of benzene rings is 3. The Morgan fingerprint density at radius 2 is 1.37 bits per heavy atom. The van der Waals surface area contributed by atoms with E-state index in [0.29, 0.717) is 0 Å². The normalized spacial score (nSPS) is 20.9. The van der Waals surface area contributed by atoms with Crippen LogP contribution in [0.15, 0.2) is 103 Å². The maximum Gasteiger partial charge on any atom is 0.494 e. The third-order valence-corrected chi connectivity index (χ3v) is 8.65. The van der Waals surface area contributed by atoms with Crippen molar-refractivity contribution in [2.24, 2.45) is 0 Å². The lowest BCUT2D eigenvalue weighted by atomic mass is 9.68. The van der Waals surface area contributed by atoms with Gasteiger partial charge in [-0.3, -0.25) is 0 Å². The molecule has 1 fully saturated rings. The zero-order chi connectivity index (χ0) is 26.1. The Morgan fingerprint density at radius 1 is 0.658 bits per heavy atom. The Balaban J connectivity index is 1.53. The predicted molar refractivity (Wildman–Crippen MR) is 153 cm³/mol. The quantitative estimate of drug-likeness (QED) is 0.270. The highest BCUT2D eigenvalue weighted by Gasteiger charge is 2.53. The molecule has 1 saturated heterocycles. The van der Waals surface area contributed by atoms with Crippen molar-refractivity contribution in [1.29, 1.82) is 0 Å². The lowest BCUT2D eigenvalue weighted by Gasteiger charge is -2.33. The number of hydrogen-bond acceptors (Lipinski definition) is 4. The summed E-state index contributed by atoms with van der Waals surface area (Å²) >= 11 is 0. The van der Waals surface area contributed by atoms with Crippen molar-refractivity contribution < 1.29 is 9.31 Å². The summed E-state index contributed by atoms with van der Waals surface area (Å²) in [5.74, 6) is 0. The lowest BCUT2D eigenvalue weighted by Crippen LogP contribution is -2.41. The molecule has 0 radical (unpaired) electrons. The summed E-state index contributed by atoms with van der Waals surface area (Å²) in [6.45, 7) is 8.37. The SMILES string of the molecule is CC1(C)OB(c2ccc3c(c2)C(c2ccccc2)(c2ccc4cccnc4n2)c2ccccc2-3)OC1(C)C. The molecule has 4 nitrogen and oxygen atoms in total. The van der Waals surface area contributed by atoms with Gasteiger partial charge in [0.15, 0.2) is 5.65 Å². The largest absolute Gasteiger partial charge is 0.494 e. The summed E-state index contributed by atoms with van der Waals surface area (Å²) in [5, 5.41) is 1.02. The third kappa shape index (κ3) is 3.19. The summed E-state index contributed by atoms with van der Waals surface area (Å²) in [5.41, 5.74) is 7.24. The predicted octanol–water partition coefficient (Wildman–Crippen LogP) is 6.29. The average molecular weight is 496 g/mol. The fourth-order valence-corrected chi connectivity index (χ4v) is 6.01. The number of rotatable bonds is 3. The summed E-state index contributed by atoms with van der Waals surface area (Å²) < 4.78 is 13.0. The molecule has 1 aliphatic heterocycles. The minimum atomic E-state index is -0.613. The van der Waals surface area contributed by atoms with Crippen molar-refractivity contribution in [3.63, 3.8) is 0 Å². The topological polar surface area (TPSA) is 44.2 Å². The van der Waals surface area contributed by atoms with Crippen LogP contribution in [0.1, 0.15) is 50.1 Å². The summed E-state index contributed by atoms with van der Waals surface area (Å²) in [6, 6.07) is 34.3. The second-order valence-corrected chi connectivity index (χ2v) is 11.3. The molecular weight excluding hydrogens is 467 g/mol. The van der Waals surface area contributed by atoms with Gasteiger partial charge in [-0.05, 0) is 85.2 Å². The van der Waals surface area contributed by atoms with Crippen LogP contribution in [-0.4, -0.2) is 28.3 Å². The van der Waals surface area contributed by atoms with Crippen LogP contribution in [0.4, 0.5) is 0 Å². The van der Waals surface area contributed by atoms with Gasteiger partial charge in [0, 0.05) is 11.6 Å². The van der Waals surface area contributed by atoms with Crippen molar-refractivity contribution in [1.82, 2.24) is 9.97 Å². The minimum absolute atomic E-state index is 0.415. The highest BCUT2D eigenvalue weighted by Crippen LogP contribution is 2.55. The molecule has 0 N–H and O–H groups in total. The maximum atomic E-state index is 6.48. The lowest BCUT2D eigenvalue weighted by molar-refractivity contribution is 0.00578. The van der Waals surface area contributed by atoms with Gasteiger partial charge in [-0.1, -0.05) is 72.8 Å². The zero-order valence-electron chi connectivity index (χ0n) is 22.1. The molecule has 3 heterocycles. The molecule has 5 heteroatoms. The first kappa shape index (κ1) is 23.3. The molecule has 7 rings (SSSR count). The second kappa shape index (κ2) is 8.10. The fraction of sp³-hybridized carbons (Fsp3) is 0.212. The number of hydrogen-bond donors (Lipinski definition) is 0. The molecular formula is C33H29BN2O2. The van der Waals surface area contributed by atoms with Gasteiger partial charge in [-0.25, -0.2) is 9.97 Å². The zero-order valence-corrected chi connectivity index (χ0v) is 22.1. The van der Waals surface area contributed by atoms with E-state index in [-0.39, 0.29) is 0 Å². The van der Waals surface area contributed by atoms with Gasteiger partial charge in [-0.15, -0.1) is 0 Å². The van der Waals surface area contributed by atoms with E-state index in [1.54, 1.807) is 6.20 Å². The number of pyridine rings is 2. The highest BCUT2D eigenvalue weighted by molar-refractivity contribution is 6.62. The third-order valence-electron chi connectivity index (χ3n) is 8.65. The first-order chi connectivity index (χ1) is 18.3. The summed E-state index contributed by atoms with van der Waals surface area (Å²) in [6.07, 6.45) is 1.81. The van der Waals surface area contributed by atoms with Crippen molar-refractivity contribution in [3.05, 3.63) is 126 Å². The van der Waals surface area contributed by atoms with Crippen LogP contribution in [0.3, 0.4) is 0 Å². The molecule has 0 spiro atoms. The molecule has 0 bridgehead atoms. The van der Waals surface area contributed by atoms with E-state index in [9.17, 15) is 0 Å². The van der Waals surface area contributed by atoms with Gasteiger partial charge >= 0.3 is 7.12 Å². The van der Waals surface area contributed by atoms with Crippen LogP contribution in [0.2, 0.25) is 0 Å². The van der Waals surface area contributed by atoms with E-state index < -0.39 is 23.7 Å². The van der Waals surface area contributed by atoms with Crippen LogP contribution in [0, 0.1) is 0 Å². The Hall–Kier alpha value is -3.80. The minimum Gasteiger partial charge on any atom is -0.399 e. The molecule has 0 saturated carbocycles. The van der Waals surface area contributed by atoms with Crippen LogP contribution in [-0.2, 0) is 14.7 Å². The van der Waals surface area contributed by atoms with E-state index in [0.717, 1.165) is 22.2 Å². The van der Waals surface area contributed by atoms with Crippen molar-refractivity contribution in [3.8, 4) is 11.1 Å². The first-order valence-corrected chi connectivity index (χ1v) is 13.2. The standard InChI is InChI=1S/C33H29BN2O2/c1-31(2)32(3,4)38-34(37-31)24-17-18-26-25-14-8-9-15-27(25)33(28(26)21-24,23-12-6-5-7-13-23)29-19-16-22-11-10-20-35-30(22)36-29/h5-21H,1-4H3. The Morgan fingerprint density at radius 3 is 2.16 bits per heavy atom. The Labute approximate surface area is 223 Å². The molecule has 1 unspecified atom stereocenters. The van der Waals surface area contributed by atoms with Gasteiger partial charge < -0.3 is 9.31 Å². The number of fused-ring (bicyclic) bond motifs is 4. The van der Waals surface area contributed by atoms with Crippen LogP contribution >= 0.6 is 0 Å². The Bertz CT molecular complexity index is 1680. The van der Waals surface area contributed by atoms with E-state index in [1.807, 2.05) is 6.07 Å². The molecule has 2 aromatic heterocycles. The molecule has 186 valence electrons. The molecule has 0 amide bonds. The van der Waals surface area contributed by atoms with E-state index in [4.69, 9.17) is 14.3 Å². The number of nitrogens with zero attached hydrogens (tertiary/aromatic N) is 2. The Kier molecular flexibility index (Phi) is 4.97. The first-order valence-electron chi connectivity index (χ1n) is 13.2. The number of aromatic nitrogens is 2. The van der Waals surface area contributed by atoms with Crippen LogP contribution in [0.25, 0.3) is 22.2 Å². The second-order valence-electron chi connectivity index (χ2n) is 11.3. The summed E-state index contributed by atoms with van der Waals surface area (Å²) in [4.78, 5) is 9.81. The van der Waals surface area contributed by atoms with Crippen LogP contribution < -0.4 is 5.46 Å². The fourth-order valence-electron chi connectivity index (χ4n) is 6.01. The van der Waals surface area contributed by atoms with Gasteiger partial charge in [0.1, 0.15) is 0 Å². The maximum absolute atomic E-state index is 6.48. The average Bonchev–Trinajstić information content (AvgIpc) is 3.35. The van der Waals surface area contributed by atoms with Gasteiger partial charge in [-0.2, -0.15) is 0 Å². The van der Waals surface area contributed by atoms with Gasteiger partial charge in [0.25, 0.3) is 0 Å². The van der Waals surface area contributed by atoms with Crippen LogP contribution in [0.5, 0.6) is 0 Å². The van der Waals surface area contributed by atoms with Crippen molar-refractivity contribution in [2.45, 2.75) is 44.3 Å². The molecule has 3 aromatic carbocycles. The molecule has 1 atom stereocenters. The molecule has 2 aliphatic rings. The molecule has 1 aliphatic carbocycles.